The monoisotopic (exact) mass is 319 g/mol. The van der Waals surface area contributed by atoms with Crippen molar-refractivity contribution in [1.29, 1.82) is 0 Å². The highest BCUT2D eigenvalue weighted by Gasteiger charge is 2.20. The molecule has 0 saturated heterocycles. The van der Waals surface area contributed by atoms with Gasteiger partial charge >= 0.3 is 0 Å². The normalized spacial score (nSPS) is 14.2. The zero-order valence-electron chi connectivity index (χ0n) is 11.9. The minimum absolute atomic E-state index is 0.693. The summed E-state index contributed by atoms with van der Waals surface area (Å²) in [6.45, 7) is 0.873. The number of methoxy groups -OCH3 is 1. The highest BCUT2D eigenvalue weighted by Crippen LogP contribution is 2.34. The Morgan fingerprint density at radius 3 is 2.86 bits per heavy atom. The van der Waals surface area contributed by atoms with Crippen molar-refractivity contribution in [1.82, 2.24) is 5.32 Å². The van der Waals surface area contributed by atoms with Gasteiger partial charge in [0.25, 0.3) is 0 Å². The molecule has 1 aliphatic carbocycles. The van der Waals surface area contributed by atoms with E-state index in [4.69, 9.17) is 16.3 Å². The SMILES string of the molecule is COc1cccc(Sc2ccc(Cl)cc2CNC2CC2)c1. The van der Waals surface area contributed by atoms with E-state index in [-0.39, 0.29) is 0 Å². The summed E-state index contributed by atoms with van der Waals surface area (Å²) in [4.78, 5) is 2.41. The predicted octanol–water partition coefficient (Wildman–Crippen LogP) is 4.75. The Labute approximate surface area is 134 Å². The summed E-state index contributed by atoms with van der Waals surface area (Å²) >= 11 is 7.89. The summed E-state index contributed by atoms with van der Waals surface area (Å²) in [5.74, 6) is 0.881. The van der Waals surface area contributed by atoms with Crippen LogP contribution in [0.2, 0.25) is 5.02 Å². The van der Waals surface area contributed by atoms with Crippen molar-refractivity contribution in [3.05, 3.63) is 53.1 Å². The smallest absolute Gasteiger partial charge is 0.119 e. The zero-order chi connectivity index (χ0) is 14.7. The van der Waals surface area contributed by atoms with Gasteiger partial charge in [-0.15, -0.1) is 0 Å². The van der Waals surface area contributed by atoms with Gasteiger partial charge in [0.2, 0.25) is 0 Å². The van der Waals surface area contributed by atoms with E-state index in [9.17, 15) is 0 Å². The summed E-state index contributed by atoms with van der Waals surface area (Å²) in [6, 6.07) is 14.9. The highest BCUT2D eigenvalue weighted by atomic mass is 35.5. The lowest BCUT2D eigenvalue weighted by Crippen LogP contribution is -2.15. The number of ether oxygens (including phenoxy) is 1. The van der Waals surface area contributed by atoms with Gasteiger partial charge in [-0.2, -0.15) is 0 Å². The largest absolute Gasteiger partial charge is 0.497 e. The van der Waals surface area contributed by atoms with Gasteiger partial charge in [0, 0.05) is 27.4 Å². The van der Waals surface area contributed by atoms with E-state index in [0.29, 0.717) is 6.04 Å². The van der Waals surface area contributed by atoms with Gasteiger partial charge in [-0.05, 0) is 54.8 Å². The zero-order valence-corrected chi connectivity index (χ0v) is 13.5. The van der Waals surface area contributed by atoms with E-state index in [1.165, 1.54) is 28.2 Å². The summed E-state index contributed by atoms with van der Waals surface area (Å²) in [6.07, 6.45) is 2.58. The number of benzene rings is 2. The molecule has 0 bridgehead atoms. The van der Waals surface area contributed by atoms with Crippen molar-refractivity contribution < 1.29 is 4.74 Å². The maximum absolute atomic E-state index is 6.14. The summed E-state index contributed by atoms with van der Waals surface area (Å²) in [5, 5.41) is 4.34. The number of hydrogen-bond donors (Lipinski definition) is 1. The topological polar surface area (TPSA) is 21.3 Å². The molecule has 0 aliphatic heterocycles. The van der Waals surface area contributed by atoms with Crippen LogP contribution < -0.4 is 10.1 Å². The quantitative estimate of drug-likeness (QED) is 0.830. The second kappa shape index (κ2) is 6.73. The molecule has 2 aromatic rings. The molecule has 0 atom stereocenters. The molecule has 1 aliphatic rings. The molecular weight excluding hydrogens is 302 g/mol. The van der Waals surface area contributed by atoms with Crippen LogP contribution in [0.4, 0.5) is 0 Å². The maximum atomic E-state index is 6.14. The van der Waals surface area contributed by atoms with Crippen LogP contribution in [-0.4, -0.2) is 13.2 Å². The van der Waals surface area contributed by atoms with E-state index in [2.05, 4.69) is 29.6 Å². The van der Waals surface area contributed by atoms with Crippen LogP contribution in [0.3, 0.4) is 0 Å². The molecule has 0 spiro atoms. The van der Waals surface area contributed by atoms with Gasteiger partial charge in [-0.1, -0.05) is 29.4 Å². The molecule has 0 unspecified atom stereocenters. The first-order valence-electron chi connectivity index (χ1n) is 7.08. The van der Waals surface area contributed by atoms with E-state index >= 15 is 0 Å². The molecule has 1 saturated carbocycles. The van der Waals surface area contributed by atoms with Gasteiger partial charge in [0.15, 0.2) is 0 Å². The molecular formula is C17H18ClNOS. The Bertz CT molecular complexity index is 628. The average molecular weight is 320 g/mol. The first-order valence-corrected chi connectivity index (χ1v) is 8.28. The Morgan fingerprint density at radius 2 is 2.10 bits per heavy atom. The van der Waals surface area contributed by atoms with Gasteiger partial charge in [-0.25, -0.2) is 0 Å². The van der Waals surface area contributed by atoms with E-state index in [0.717, 1.165) is 17.3 Å². The van der Waals surface area contributed by atoms with Crippen LogP contribution in [-0.2, 0) is 6.54 Å². The van der Waals surface area contributed by atoms with Gasteiger partial charge < -0.3 is 10.1 Å². The molecule has 110 valence electrons. The lowest BCUT2D eigenvalue weighted by Gasteiger charge is -2.11. The van der Waals surface area contributed by atoms with Crippen molar-refractivity contribution in [2.75, 3.05) is 7.11 Å². The second-order valence-electron chi connectivity index (χ2n) is 5.19. The molecule has 2 aromatic carbocycles. The fraction of sp³-hybridized carbons (Fsp3) is 0.294. The van der Waals surface area contributed by atoms with Gasteiger partial charge in [0.1, 0.15) is 5.75 Å². The van der Waals surface area contributed by atoms with Gasteiger partial charge in [0.05, 0.1) is 7.11 Å². The van der Waals surface area contributed by atoms with Crippen molar-refractivity contribution in [2.45, 2.75) is 35.2 Å². The number of nitrogens with one attached hydrogen (secondary N) is 1. The van der Waals surface area contributed by atoms with E-state index < -0.39 is 0 Å². The highest BCUT2D eigenvalue weighted by molar-refractivity contribution is 7.99. The van der Waals surface area contributed by atoms with Crippen molar-refractivity contribution in [3.8, 4) is 5.75 Å². The van der Waals surface area contributed by atoms with Crippen LogP contribution in [0, 0.1) is 0 Å². The van der Waals surface area contributed by atoms with Crippen LogP contribution >= 0.6 is 23.4 Å². The van der Waals surface area contributed by atoms with Crippen LogP contribution in [0.1, 0.15) is 18.4 Å². The van der Waals surface area contributed by atoms with Crippen LogP contribution in [0.5, 0.6) is 5.75 Å². The Kier molecular flexibility index (Phi) is 4.73. The third-order valence-electron chi connectivity index (χ3n) is 3.45. The van der Waals surface area contributed by atoms with Crippen LogP contribution in [0.25, 0.3) is 0 Å². The summed E-state index contributed by atoms with van der Waals surface area (Å²) < 4.78 is 5.28. The van der Waals surface area contributed by atoms with E-state index in [1.807, 2.05) is 18.2 Å². The molecule has 1 fully saturated rings. The molecule has 1 N–H and O–H groups in total. The molecule has 3 rings (SSSR count). The fourth-order valence-electron chi connectivity index (χ4n) is 2.12. The predicted molar refractivity (Wildman–Crippen MR) is 88.4 cm³/mol. The van der Waals surface area contributed by atoms with Crippen molar-refractivity contribution in [2.24, 2.45) is 0 Å². The molecule has 21 heavy (non-hydrogen) atoms. The third-order valence-corrected chi connectivity index (χ3v) is 4.79. The molecule has 0 heterocycles. The van der Waals surface area contributed by atoms with E-state index in [1.54, 1.807) is 18.9 Å². The average Bonchev–Trinajstić information content (AvgIpc) is 3.32. The fourth-order valence-corrected chi connectivity index (χ4v) is 3.29. The first kappa shape index (κ1) is 14.8. The molecule has 0 amide bonds. The first-order chi connectivity index (χ1) is 10.2. The molecule has 2 nitrogen and oxygen atoms in total. The Hall–Kier alpha value is -1.16. The number of hydrogen-bond acceptors (Lipinski definition) is 3. The third kappa shape index (κ3) is 4.16. The molecule has 0 radical (unpaired) electrons. The van der Waals surface area contributed by atoms with Crippen LogP contribution in [0.15, 0.2) is 52.3 Å². The van der Waals surface area contributed by atoms with Gasteiger partial charge in [-0.3, -0.25) is 0 Å². The maximum Gasteiger partial charge on any atom is 0.119 e. The van der Waals surface area contributed by atoms with Crippen molar-refractivity contribution in [3.63, 3.8) is 0 Å². The Morgan fingerprint density at radius 1 is 1.24 bits per heavy atom. The minimum atomic E-state index is 0.693. The lowest BCUT2D eigenvalue weighted by atomic mass is 10.2. The molecule has 4 heteroatoms. The second-order valence-corrected chi connectivity index (χ2v) is 6.74. The van der Waals surface area contributed by atoms with Crippen molar-refractivity contribution >= 4 is 23.4 Å². The summed E-state index contributed by atoms with van der Waals surface area (Å²) in [7, 11) is 1.69. The number of rotatable bonds is 6. The Balaban J connectivity index is 1.79. The number of halogens is 1. The lowest BCUT2D eigenvalue weighted by molar-refractivity contribution is 0.413. The minimum Gasteiger partial charge on any atom is -0.497 e. The standard InChI is InChI=1S/C17H18ClNOS/c1-20-15-3-2-4-16(10-15)21-17-8-5-13(18)9-12(17)11-19-14-6-7-14/h2-5,8-10,14,19H,6-7,11H2,1H3. The molecule has 0 aromatic heterocycles. The summed E-state index contributed by atoms with van der Waals surface area (Å²) in [5.41, 5.74) is 1.25.